The summed E-state index contributed by atoms with van der Waals surface area (Å²) in [5.41, 5.74) is 3.43. The van der Waals surface area contributed by atoms with Crippen LogP contribution in [-0.2, 0) is 0 Å². The number of halogens is 2. The number of aromatic nitrogens is 2. The predicted octanol–water partition coefficient (Wildman–Crippen LogP) is 3.22. The molecule has 0 saturated carbocycles. The monoisotopic (exact) mass is 293 g/mol. The molecule has 112 valence electrons. The number of nitrogens with two attached hydrogens (primary N) is 1. The van der Waals surface area contributed by atoms with E-state index >= 15 is 0 Å². The van der Waals surface area contributed by atoms with Crippen LogP contribution >= 0.6 is 0 Å². The molecule has 0 spiro atoms. The van der Waals surface area contributed by atoms with Crippen molar-refractivity contribution in [1.82, 2.24) is 9.97 Å². The minimum Gasteiger partial charge on any atom is -0.337 e. The zero-order chi connectivity index (χ0) is 15.6. The van der Waals surface area contributed by atoms with Crippen LogP contribution < -0.4 is 16.6 Å². The van der Waals surface area contributed by atoms with Gasteiger partial charge in [-0.25, -0.2) is 24.6 Å². The van der Waals surface area contributed by atoms with Crippen LogP contribution in [0.5, 0.6) is 0 Å². The Labute approximate surface area is 121 Å². The average molecular weight is 293 g/mol. The van der Waals surface area contributed by atoms with Crippen LogP contribution in [-0.4, -0.2) is 9.97 Å². The first kappa shape index (κ1) is 15.1. The second-order valence-corrected chi connectivity index (χ2v) is 4.99. The Balaban J connectivity index is 2.47. The largest absolute Gasteiger partial charge is 0.337 e. The van der Waals surface area contributed by atoms with Gasteiger partial charge >= 0.3 is 0 Å². The van der Waals surface area contributed by atoms with Crippen LogP contribution in [0.2, 0.25) is 0 Å². The highest BCUT2D eigenvalue weighted by atomic mass is 19.1. The summed E-state index contributed by atoms with van der Waals surface area (Å²) in [5.74, 6) is 5.25. The molecule has 5 nitrogen and oxygen atoms in total. The molecule has 0 aliphatic heterocycles. The first-order chi connectivity index (χ1) is 9.93. The maximum atomic E-state index is 13.9. The number of aryl methyl sites for hydroxylation is 1. The molecule has 1 aromatic carbocycles. The van der Waals surface area contributed by atoms with Gasteiger partial charge in [-0.15, -0.1) is 0 Å². The number of nitrogens with one attached hydrogen (secondary N) is 2. The van der Waals surface area contributed by atoms with Gasteiger partial charge in [-0.1, -0.05) is 13.8 Å². The van der Waals surface area contributed by atoms with Gasteiger partial charge in [0, 0.05) is 11.6 Å². The van der Waals surface area contributed by atoms with Gasteiger partial charge < -0.3 is 10.7 Å². The van der Waals surface area contributed by atoms with Crippen molar-refractivity contribution in [3.05, 3.63) is 41.2 Å². The third-order valence-electron chi connectivity index (χ3n) is 3.10. The Morgan fingerprint density at radius 1 is 1.10 bits per heavy atom. The summed E-state index contributed by atoms with van der Waals surface area (Å²) in [6, 6.07) is 2.24. The van der Waals surface area contributed by atoms with E-state index in [-0.39, 0.29) is 17.2 Å². The van der Waals surface area contributed by atoms with Gasteiger partial charge in [0.15, 0.2) is 0 Å². The highest BCUT2D eigenvalue weighted by molar-refractivity contribution is 5.66. The maximum absolute atomic E-state index is 13.9. The van der Waals surface area contributed by atoms with E-state index in [0.717, 1.165) is 12.1 Å². The standard InChI is InChI=1S/C14H17F2N5/c1-7(2)12-13(18-6-19-14(12)21-17)20-11-5-9(15)8(3)4-10(11)16/h4-7H,17H2,1-3H3,(H2,18,19,20,21). The lowest BCUT2D eigenvalue weighted by Crippen LogP contribution is -2.14. The van der Waals surface area contributed by atoms with Crippen molar-refractivity contribution < 1.29 is 8.78 Å². The molecule has 4 N–H and O–H groups in total. The van der Waals surface area contributed by atoms with Gasteiger partial charge in [-0.2, -0.15) is 0 Å². The Bertz CT molecular complexity index is 658. The smallest absolute Gasteiger partial charge is 0.148 e. The van der Waals surface area contributed by atoms with Crippen LogP contribution in [0.4, 0.5) is 26.1 Å². The van der Waals surface area contributed by atoms with Crippen molar-refractivity contribution in [2.75, 3.05) is 10.7 Å². The number of nitrogen functional groups attached to an aromatic ring is 1. The van der Waals surface area contributed by atoms with Crippen molar-refractivity contribution in [1.29, 1.82) is 0 Å². The van der Waals surface area contributed by atoms with Crippen molar-refractivity contribution in [3.63, 3.8) is 0 Å². The number of anilines is 3. The van der Waals surface area contributed by atoms with E-state index in [1.165, 1.54) is 13.3 Å². The van der Waals surface area contributed by atoms with Gasteiger partial charge in [-0.3, -0.25) is 0 Å². The first-order valence-corrected chi connectivity index (χ1v) is 6.48. The molecule has 0 saturated heterocycles. The summed E-state index contributed by atoms with van der Waals surface area (Å²) in [4.78, 5) is 8.11. The molecule has 0 atom stereocenters. The fourth-order valence-electron chi connectivity index (χ4n) is 2.03. The minimum atomic E-state index is -0.551. The zero-order valence-corrected chi connectivity index (χ0v) is 12.0. The van der Waals surface area contributed by atoms with Gasteiger partial charge in [0.2, 0.25) is 0 Å². The third-order valence-corrected chi connectivity index (χ3v) is 3.10. The van der Waals surface area contributed by atoms with Gasteiger partial charge in [0.25, 0.3) is 0 Å². The average Bonchev–Trinajstić information content (AvgIpc) is 2.44. The van der Waals surface area contributed by atoms with Gasteiger partial charge in [0.05, 0.1) is 5.69 Å². The van der Waals surface area contributed by atoms with Gasteiger partial charge in [0.1, 0.15) is 29.6 Å². The number of rotatable bonds is 4. The maximum Gasteiger partial charge on any atom is 0.148 e. The lowest BCUT2D eigenvalue weighted by Gasteiger charge is -2.17. The quantitative estimate of drug-likeness (QED) is 0.596. The van der Waals surface area contributed by atoms with E-state index in [2.05, 4.69) is 20.7 Å². The van der Waals surface area contributed by atoms with E-state index < -0.39 is 11.6 Å². The molecule has 0 bridgehead atoms. The summed E-state index contributed by atoms with van der Waals surface area (Å²) >= 11 is 0. The van der Waals surface area contributed by atoms with Crippen molar-refractivity contribution >= 4 is 17.3 Å². The molecule has 1 aromatic heterocycles. The van der Waals surface area contributed by atoms with E-state index in [1.54, 1.807) is 0 Å². The zero-order valence-electron chi connectivity index (χ0n) is 12.0. The highest BCUT2D eigenvalue weighted by Crippen LogP contribution is 2.31. The number of hydrogen-bond acceptors (Lipinski definition) is 5. The summed E-state index contributed by atoms with van der Waals surface area (Å²) < 4.78 is 27.5. The Morgan fingerprint density at radius 2 is 1.76 bits per heavy atom. The van der Waals surface area contributed by atoms with E-state index in [9.17, 15) is 8.78 Å². The lowest BCUT2D eigenvalue weighted by atomic mass is 10.0. The first-order valence-electron chi connectivity index (χ1n) is 6.48. The van der Waals surface area contributed by atoms with Crippen LogP contribution in [0.3, 0.4) is 0 Å². The molecule has 0 aliphatic rings. The molecular formula is C14H17F2N5. The molecular weight excluding hydrogens is 276 g/mol. The molecule has 2 rings (SSSR count). The summed E-state index contributed by atoms with van der Waals surface area (Å²) in [6.07, 6.45) is 1.30. The second-order valence-electron chi connectivity index (χ2n) is 4.99. The van der Waals surface area contributed by atoms with Gasteiger partial charge in [-0.05, 0) is 24.5 Å². The summed E-state index contributed by atoms with van der Waals surface area (Å²) in [6.45, 7) is 5.36. The van der Waals surface area contributed by atoms with Crippen LogP contribution in [0.15, 0.2) is 18.5 Å². The Morgan fingerprint density at radius 3 is 2.38 bits per heavy atom. The van der Waals surface area contributed by atoms with Crippen LogP contribution in [0, 0.1) is 18.6 Å². The molecule has 0 unspecified atom stereocenters. The molecule has 0 aliphatic carbocycles. The number of hydrogen-bond donors (Lipinski definition) is 3. The van der Waals surface area contributed by atoms with Crippen molar-refractivity contribution in [3.8, 4) is 0 Å². The number of hydrazine groups is 1. The predicted molar refractivity (Wildman–Crippen MR) is 78.3 cm³/mol. The third kappa shape index (κ3) is 3.08. The molecule has 0 fully saturated rings. The Kier molecular flexibility index (Phi) is 4.32. The molecule has 21 heavy (non-hydrogen) atoms. The normalized spacial score (nSPS) is 10.8. The fraction of sp³-hybridized carbons (Fsp3) is 0.286. The van der Waals surface area contributed by atoms with E-state index in [0.29, 0.717) is 17.2 Å². The molecule has 0 radical (unpaired) electrons. The lowest BCUT2D eigenvalue weighted by molar-refractivity contribution is 0.595. The molecule has 7 heteroatoms. The second kappa shape index (κ2) is 6.01. The highest BCUT2D eigenvalue weighted by Gasteiger charge is 2.16. The van der Waals surface area contributed by atoms with Crippen molar-refractivity contribution in [2.45, 2.75) is 26.7 Å². The fourth-order valence-corrected chi connectivity index (χ4v) is 2.03. The molecule has 1 heterocycles. The topological polar surface area (TPSA) is 75.9 Å². The SMILES string of the molecule is Cc1cc(F)c(Nc2ncnc(NN)c2C(C)C)cc1F. The number of benzene rings is 1. The van der Waals surface area contributed by atoms with Crippen molar-refractivity contribution in [2.24, 2.45) is 5.84 Å². The van der Waals surface area contributed by atoms with Crippen LogP contribution in [0.1, 0.15) is 30.9 Å². The molecule has 2 aromatic rings. The molecule has 0 amide bonds. The summed E-state index contributed by atoms with van der Waals surface area (Å²) in [7, 11) is 0. The summed E-state index contributed by atoms with van der Waals surface area (Å²) in [5, 5.41) is 2.80. The minimum absolute atomic E-state index is 0.0154. The van der Waals surface area contributed by atoms with E-state index in [1.807, 2.05) is 13.8 Å². The number of nitrogens with zero attached hydrogens (tertiary/aromatic N) is 2. The van der Waals surface area contributed by atoms with E-state index in [4.69, 9.17) is 5.84 Å². The Hall–Kier alpha value is -2.28. The van der Waals surface area contributed by atoms with Crippen LogP contribution in [0.25, 0.3) is 0 Å².